The van der Waals surface area contributed by atoms with Crippen LogP contribution in [0.5, 0.6) is 11.8 Å². The van der Waals surface area contributed by atoms with Crippen LogP contribution in [-0.2, 0) is 11.2 Å². The maximum Gasteiger partial charge on any atom is 0.322 e. The fourth-order valence-corrected chi connectivity index (χ4v) is 2.07. The fraction of sp³-hybridized carbons (Fsp3) is 0.143. The number of nitrogens with one attached hydrogen (secondary N) is 2. The standard InChI is InChI=1S/C14H13N5O2/c15-13(16)11-5-6-17-14(19-11)21-9-2-3-10-8(7-9)1-4-12(20)18-10/h2-3,5-7H,1,4H2,(H3,15,16)(H,18,20). The Balaban J connectivity index is 1.84. The third kappa shape index (κ3) is 2.81. The van der Waals surface area contributed by atoms with Crippen LogP contribution in [0.15, 0.2) is 30.5 Å². The minimum absolute atomic E-state index is 0.0219. The third-order valence-electron chi connectivity index (χ3n) is 3.09. The van der Waals surface area contributed by atoms with Crippen LogP contribution in [0.4, 0.5) is 5.69 Å². The van der Waals surface area contributed by atoms with Gasteiger partial charge in [0, 0.05) is 18.3 Å². The van der Waals surface area contributed by atoms with Crippen molar-refractivity contribution in [3.05, 3.63) is 41.7 Å². The first-order chi connectivity index (χ1) is 10.1. The molecule has 1 aliphatic rings. The summed E-state index contributed by atoms with van der Waals surface area (Å²) in [6.45, 7) is 0. The molecule has 106 valence electrons. The van der Waals surface area contributed by atoms with E-state index in [0.717, 1.165) is 11.3 Å². The molecule has 21 heavy (non-hydrogen) atoms. The number of fused-ring (bicyclic) bond motifs is 1. The highest BCUT2D eigenvalue weighted by Gasteiger charge is 2.15. The Bertz CT molecular complexity index is 729. The van der Waals surface area contributed by atoms with Crippen LogP contribution in [0.2, 0.25) is 0 Å². The minimum Gasteiger partial charge on any atom is -0.424 e. The van der Waals surface area contributed by atoms with E-state index in [1.807, 2.05) is 6.07 Å². The Hall–Kier alpha value is -2.96. The van der Waals surface area contributed by atoms with Crippen molar-refractivity contribution in [1.29, 1.82) is 5.41 Å². The van der Waals surface area contributed by atoms with Crippen molar-refractivity contribution < 1.29 is 9.53 Å². The van der Waals surface area contributed by atoms with E-state index >= 15 is 0 Å². The van der Waals surface area contributed by atoms with Crippen LogP contribution in [0.1, 0.15) is 17.7 Å². The SMILES string of the molecule is N=C(N)c1ccnc(Oc2ccc3c(c2)CCC(=O)N3)n1. The zero-order valence-corrected chi connectivity index (χ0v) is 11.1. The summed E-state index contributed by atoms with van der Waals surface area (Å²) in [5, 5.41) is 10.2. The lowest BCUT2D eigenvalue weighted by Gasteiger charge is -2.17. The summed E-state index contributed by atoms with van der Waals surface area (Å²) in [6, 6.07) is 7.03. The Morgan fingerprint density at radius 1 is 1.33 bits per heavy atom. The zero-order chi connectivity index (χ0) is 14.8. The number of aryl methyl sites for hydroxylation is 1. The Labute approximate surface area is 120 Å². The van der Waals surface area contributed by atoms with Crippen LogP contribution in [0.25, 0.3) is 0 Å². The molecule has 4 N–H and O–H groups in total. The van der Waals surface area contributed by atoms with Crippen molar-refractivity contribution in [3.63, 3.8) is 0 Å². The van der Waals surface area contributed by atoms with Gasteiger partial charge in [0.25, 0.3) is 0 Å². The molecule has 0 fully saturated rings. The first-order valence-corrected chi connectivity index (χ1v) is 6.40. The molecule has 1 aliphatic heterocycles. The van der Waals surface area contributed by atoms with E-state index in [1.54, 1.807) is 12.1 Å². The van der Waals surface area contributed by atoms with Crippen molar-refractivity contribution in [2.45, 2.75) is 12.8 Å². The highest BCUT2D eigenvalue weighted by molar-refractivity contribution is 5.94. The summed E-state index contributed by atoms with van der Waals surface area (Å²) in [7, 11) is 0. The highest BCUT2D eigenvalue weighted by atomic mass is 16.5. The van der Waals surface area contributed by atoms with E-state index in [-0.39, 0.29) is 17.8 Å². The van der Waals surface area contributed by atoms with Crippen LogP contribution in [0.3, 0.4) is 0 Å². The molecule has 0 radical (unpaired) electrons. The number of nitrogen functional groups attached to an aromatic ring is 1. The summed E-state index contributed by atoms with van der Waals surface area (Å²) < 4.78 is 5.57. The van der Waals surface area contributed by atoms with Gasteiger partial charge in [-0.3, -0.25) is 10.2 Å². The molecule has 7 heteroatoms. The molecule has 0 atom stereocenters. The van der Waals surface area contributed by atoms with Gasteiger partial charge in [-0.1, -0.05) is 0 Å². The van der Waals surface area contributed by atoms with Crippen LogP contribution < -0.4 is 15.8 Å². The number of benzene rings is 1. The van der Waals surface area contributed by atoms with Gasteiger partial charge in [-0.25, -0.2) is 4.98 Å². The van der Waals surface area contributed by atoms with E-state index in [9.17, 15) is 4.79 Å². The number of carbonyl (C=O) groups is 1. The summed E-state index contributed by atoms with van der Waals surface area (Å²) in [5.41, 5.74) is 7.50. The first kappa shape index (κ1) is 13.0. The van der Waals surface area contributed by atoms with Gasteiger partial charge < -0.3 is 15.8 Å². The van der Waals surface area contributed by atoms with E-state index < -0.39 is 0 Å². The van der Waals surface area contributed by atoms with Gasteiger partial charge in [0.05, 0.1) is 0 Å². The van der Waals surface area contributed by atoms with Crippen LogP contribution in [-0.4, -0.2) is 21.7 Å². The Kier molecular flexibility index (Phi) is 3.23. The topological polar surface area (TPSA) is 114 Å². The van der Waals surface area contributed by atoms with Gasteiger partial charge in [-0.2, -0.15) is 4.98 Å². The summed E-state index contributed by atoms with van der Waals surface area (Å²) >= 11 is 0. The van der Waals surface area contributed by atoms with Crippen LogP contribution >= 0.6 is 0 Å². The second-order valence-corrected chi connectivity index (χ2v) is 4.61. The Morgan fingerprint density at radius 2 is 2.19 bits per heavy atom. The maximum atomic E-state index is 11.3. The molecule has 0 saturated carbocycles. The predicted octanol–water partition coefficient (Wildman–Crippen LogP) is 1.44. The molecule has 0 unspecified atom stereocenters. The number of carbonyl (C=O) groups excluding carboxylic acids is 1. The smallest absolute Gasteiger partial charge is 0.322 e. The highest BCUT2D eigenvalue weighted by Crippen LogP contribution is 2.28. The lowest BCUT2D eigenvalue weighted by Crippen LogP contribution is -2.18. The van der Waals surface area contributed by atoms with Crippen LogP contribution in [0, 0.1) is 5.41 Å². The molecule has 1 amide bonds. The quantitative estimate of drug-likeness (QED) is 0.582. The number of amidine groups is 1. The van der Waals surface area contributed by atoms with Gasteiger partial charge in [-0.15, -0.1) is 0 Å². The largest absolute Gasteiger partial charge is 0.424 e. The monoisotopic (exact) mass is 283 g/mol. The third-order valence-corrected chi connectivity index (χ3v) is 3.09. The normalized spacial score (nSPS) is 13.2. The number of nitrogens with two attached hydrogens (primary N) is 1. The second kappa shape index (κ2) is 5.20. The average Bonchev–Trinajstić information content (AvgIpc) is 2.48. The molecule has 1 aromatic carbocycles. The van der Waals surface area contributed by atoms with Gasteiger partial charge >= 0.3 is 6.01 Å². The van der Waals surface area contributed by atoms with E-state index in [1.165, 1.54) is 12.3 Å². The number of rotatable bonds is 3. The Morgan fingerprint density at radius 3 is 3.00 bits per heavy atom. The van der Waals surface area contributed by atoms with E-state index in [2.05, 4.69) is 15.3 Å². The molecule has 0 saturated heterocycles. The zero-order valence-electron chi connectivity index (χ0n) is 11.1. The molecular formula is C14H13N5O2. The van der Waals surface area contributed by atoms with E-state index in [4.69, 9.17) is 15.9 Å². The van der Waals surface area contributed by atoms with Crippen molar-refractivity contribution in [3.8, 4) is 11.8 Å². The molecular weight excluding hydrogens is 270 g/mol. The fourth-order valence-electron chi connectivity index (χ4n) is 2.07. The van der Waals surface area contributed by atoms with Gasteiger partial charge in [0.15, 0.2) is 0 Å². The number of hydrogen-bond donors (Lipinski definition) is 3. The summed E-state index contributed by atoms with van der Waals surface area (Å²) in [6.07, 6.45) is 2.62. The van der Waals surface area contributed by atoms with Gasteiger partial charge in [0.1, 0.15) is 17.3 Å². The van der Waals surface area contributed by atoms with Crippen molar-refractivity contribution in [1.82, 2.24) is 9.97 Å². The van der Waals surface area contributed by atoms with Gasteiger partial charge in [-0.05, 0) is 36.2 Å². The number of amides is 1. The molecule has 2 aromatic rings. The second-order valence-electron chi connectivity index (χ2n) is 4.61. The molecule has 0 bridgehead atoms. The van der Waals surface area contributed by atoms with Gasteiger partial charge in [0.2, 0.25) is 5.91 Å². The number of anilines is 1. The average molecular weight is 283 g/mol. The minimum atomic E-state index is -0.143. The lowest BCUT2D eigenvalue weighted by atomic mass is 10.0. The number of ether oxygens (including phenoxy) is 1. The number of nitrogens with zero attached hydrogens (tertiary/aromatic N) is 2. The van der Waals surface area contributed by atoms with Crippen molar-refractivity contribution >= 4 is 17.4 Å². The number of hydrogen-bond acceptors (Lipinski definition) is 5. The summed E-state index contributed by atoms with van der Waals surface area (Å²) in [4.78, 5) is 19.3. The first-order valence-electron chi connectivity index (χ1n) is 6.40. The van der Waals surface area contributed by atoms with Crippen molar-refractivity contribution in [2.75, 3.05) is 5.32 Å². The maximum absolute atomic E-state index is 11.3. The molecule has 3 rings (SSSR count). The molecule has 0 spiro atoms. The lowest BCUT2D eigenvalue weighted by molar-refractivity contribution is -0.116. The predicted molar refractivity (Wildman–Crippen MR) is 76.5 cm³/mol. The van der Waals surface area contributed by atoms with Crippen molar-refractivity contribution in [2.24, 2.45) is 5.73 Å². The molecule has 0 aliphatic carbocycles. The number of aromatic nitrogens is 2. The summed E-state index contributed by atoms with van der Waals surface area (Å²) in [5.74, 6) is 0.453. The molecule has 2 heterocycles. The molecule has 7 nitrogen and oxygen atoms in total. The molecule has 1 aromatic heterocycles. The van der Waals surface area contributed by atoms with E-state index in [0.29, 0.717) is 24.3 Å².